The van der Waals surface area contributed by atoms with Gasteiger partial charge < -0.3 is 4.74 Å². The van der Waals surface area contributed by atoms with E-state index in [1.165, 1.54) is 5.75 Å². The fourth-order valence-corrected chi connectivity index (χ4v) is 2.24. The minimum Gasteiger partial charge on any atom is -0.371 e. The van der Waals surface area contributed by atoms with E-state index in [0.29, 0.717) is 12.0 Å². The lowest BCUT2D eigenvalue weighted by atomic mass is 10.2. The van der Waals surface area contributed by atoms with E-state index in [-0.39, 0.29) is 6.10 Å². The molecule has 0 aliphatic carbocycles. The Bertz CT molecular complexity index is 148. The van der Waals surface area contributed by atoms with E-state index in [2.05, 4.69) is 18.1 Å². The van der Waals surface area contributed by atoms with Crippen molar-refractivity contribution in [3.63, 3.8) is 0 Å². The average molecular weight is 224 g/mol. The Kier molecular flexibility index (Phi) is 5.48. The zero-order valence-corrected chi connectivity index (χ0v) is 9.90. The van der Waals surface area contributed by atoms with E-state index in [0.717, 1.165) is 19.6 Å². The first-order valence-corrected chi connectivity index (χ1v) is 6.61. The van der Waals surface area contributed by atoms with Crippen molar-refractivity contribution < 1.29 is 4.74 Å². The van der Waals surface area contributed by atoms with Gasteiger partial charge in [0.15, 0.2) is 0 Å². The lowest BCUT2D eigenvalue weighted by Gasteiger charge is -2.35. The number of hydrogen-bond donors (Lipinski definition) is 0. The summed E-state index contributed by atoms with van der Waals surface area (Å²) in [6.07, 6.45) is 2.70. The summed E-state index contributed by atoms with van der Waals surface area (Å²) in [7, 11) is 0. The number of rotatable bonds is 4. The Hall–Kier alpha value is 0.560. The number of alkyl halides is 1. The topological polar surface area (TPSA) is 12.5 Å². The van der Waals surface area contributed by atoms with E-state index in [9.17, 15) is 0 Å². The van der Waals surface area contributed by atoms with Gasteiger partial charge in [0.25, 0.3) is 0 Å². The molecular formula is C9H18ClNOS. The number of hydrogen-bond acceptors (Lipinski definition) is 3. The monoisotopic (exact) mass is 223 g/mol. The summed E-state index contributed by atoms with van der Waals surface area (Å²) in [4.78, 5) is 2.44. The van der Waals surface area contributed by atoms with Gasteiger partial charge in [0.05, 0.1) is 12.2 Å². The maximum absolute atomic E-state index is 5.79. The van der Waals surface area contributed by atoms with Gasteiger partial charge >= 0.3 is 0 Å². The maximum Gasteiger partial charge on any atom is 0.0841 e. The summed E-state index contributed by atoms with van der Waals surface area (Å²) in [5, 5.41) is 0. The number of nitrogens with zero attached hydrogens (tertiary/aromatic N) is 1. The van der Waals surface area contributed by atoms with Gasteiger partial charge in [-0.1, -0.05) is 0 Å². The smallest absolute Gasteiger partial charge is 0.0841 e. The van der Waals surface area contributed by atoms with Crippen molar-refractivity contribution >= 4 is 23.4 Å². The standard InChI is InChI=1S/C9H18ClNOS/c1-8-6-11(3-4-13-2)7-9(5-10)12-8/h8-9H,3-7H2,1-2H3. The summed E-state index contributed by atoms with van der Waals surface area (Å²) in [6, 6.07) is 0. The summed E-state index contributed by atoms with van der Waals surface area (Å²) in [5.41, 5.74) is 0. The Morgan fingerprint density at radius 3 is 2.92 bits per heavy atom. The molecule has 4 heteroatoms. The highest BCUT2D eigenvalue weighted by molar-refractivity contribution is 7.98. The van der Waals surface area contributed by atoms with Crippen LogP contribution in [0.25, 0.3) is 0 Å². The lowest BCUT2D eigenvalue weighted by Crippen LogP contribution is -2.47. The van der Waals surface area contributed by atoms with Crippen molar-refractivity contribution in [3.05, 3.63) is 0 Å². The molecule has 1 aliphatic rings. The zero-order chi connectivity index (χ0) is 9.68. The first-order valence-electron chi connectivity index (χ1n) is 4.69. The van der Waals surface area contributed by atoms with Crippen molar-refractivity contribution in [1.29, 1.82) is 0 Å². The fraction of sp³-hybridized carbons (Fsp3) is 1.00. The molecule has 1 heterocycles. The summed E-state index contributed by atoms with van der Waals surface area (Å²) in [5.74, 6) is 1.81. The Morgan fingerprint density at radius 1 is 1.54 bits per heavy atom. The molecule has 1 rings (SSSR count). The average Bonchev–Trinajstić information content (AvgIpc) is 2.14. The first kappa shape index (κ1) is 11.6. The van der Waals surface area contributed by atoms with Gasteiger partial charge in [-0.3, -0.25) is 4.90 Å². The summed E-state index contributed by atoms with van der Waals surface area (Å²) >= 11 is 7.68. The quantitative estimate of drug-likeness (QED) is 0.673. The third-order valence-electron chi connectivity index (χ3n) is 2.19. The predicted octanol–water partition coefficient (Wildman–Crippen LogP) is 1.68. The molecule has 2 atom stereocenters. The molecule has 0 aromatic carbocycles. The van der Waals surface area contributed by atoms with E-state index >= 15 is 0 Å². The van der Waals surface area contributed by atoms with Gasteiger partial charge in [0.1, 0.15) is 0 Å². The van der Waals surface area contributed by atoms with Crippen LogP contribution in [0.5, 0.6) is 0 Å². The van der Waals surface area contributed by atoms with Gasteiger partial charge in [-0.05, 0) is 13.2 Å². The van der Waals surface area contributed by atoms with Crippen LogP contribution < -0.4 is 0 Å². The van der Waals surface area contributed by atoms with Crippen LogP contribution in [0.2, 0.25) is 0 Å². The molecule has 2 nitrogen and oxygen atoms in total. The molecule has 0 radical (unpaired) electrons. The lowest BCUT2D eigenvalue weighted by molar-refractivity contribution is -0.0644. The number of morpholine rings is 1. The number of ether oxygens (including phenoxy) is 1. The third kappa shape index (κ3) is 4.07. The second-order valence-corrected chi connectivity index (χ2v) is 4.77. The van der Waals surface area contributed by atoms with Gasteiger partial charge in [0.2, 0.25) is 0 Å². The predicted molar refractivity (Wildman–Crippen MR) is 59.9 cm³/mol. The summed E-state index contributed by atoms with van der Waals surface area (Å²) in [6.45, 7) is 5.31. The normalized spacial score (nSPS) is 30.7. The van der Waals surface area contributed by atoms with Gasteiger partial charge in [-0.2, -0.15) is 11.8 Å². The van der Waals surface area contributed by atoms with Crippen molar-refractivity contribution in [3.8, 4) is 0 Å². The van der Waals surface area contributed by atoms with Crippen LogP contribution in [0.15, 0.2) is 0 Å². The fourth-order valence-electron chi connectivity index (χ4n) is 1.63. The van der Waals surface area contributed by atoms with E-state index < -0.39 is 0 Å². The largest absolute Gasteiger partial charge is 0.371 e. The van der Waals surface area contributed by atoms with E-state index in [4.69, 9.17) is 16.3 Å². The van der Waals surface area contributed by atoms with Crippen LogP contribution in [0, 0.1) is 0 Å². The third-order valence-corrected chi connectivity index (χ3v) is 3.12. The van der Waals surface area contributed by atoms with Crippen molar-refractivity contribution in [1.82, 2.24) is 4.90 Å². The second-order valence-electron chi connectivity index (χ2n) is 3.48. The molecular weight excluding hydrogens is 206 g/mol. The molecule has 1 saturated heterocycles. The number of halogens is 1. The molecule has 0 amide bonds. The van der Waals surface area contributed by atoms with Gasteiger partial charge in [0, 0.05) is 31.3 Å². The Morgan fingerprint density at radius 2 is 2.31 bits per heavy atom. The van der Waals surface area contributed by atoms with Crippen LogP contribution in [-0.4, -0.2) is 54.6 Å². The molecule has 1 fully saturated rings. The Labute approximate surface area is 90.0 Å². The Balaban J connectivity index is 2.29. The molecule has 0 spiro atoms. The van der Waals surface area contributed by atoms with Crippen LogP contribution >= 0.6 is 23.4 Å². The molecule has 1 aliphatic heterocycles. The van der Waals surface area contributed by atoms with Crippen LogP contribution in [0.4, 0.5) is 0 Å². The van der Waals surface area contributed by atoms with E-state index in [1.807, 2.05) is 11.8 Å². The highest BCUT2D eigenvalue weighted by Crippen LogP contribution is 2.12. The van der Waals surface area contributed by atoms with Gasteiger partial charge in [-0.15, -0.1) is 11.6 Å². The zero-order valence-electron chi connectivity index (χ0n) is 8.33. The van der Waals surface area contributed by atoms with Crippen molar-refractivity contribution in [2.45, 2.75) is 19.1 Å². The minimum absolute atomic E-state index is 0.229. The molecule has 0 saturated carbocycles. The van der Waals surface area contributed by atoms with Crippen molar-refractivity contribution in [2.24, 2.45) is 0 Å². The first-order chi connectivity index (χ1) is 6.26. The molecule has 0 N–H and O–H groups in total. The van der Waals surface area contributed by atoms with Crippen molar-refractivity contribution in [2.75, 3.05) is 37.5 Å². The van der Waals surface area contributed by atoms with Gasteiger partial charge in [-0.25, -0.2) is 0 Å². The highest BCUT2D eigenvalue weighted by Gasteiger charge is 2.23. The molecule has 78 valence electrons. The van der Waals surface area contributed by atoms with E-state index in [1.54, 1.807) is 0 Å². The summed E-state index contributed by atoms with van der Waals surface area (Å²) < 4.78 is 5.67. The molecule has 0 aromatic heterocycles. The maximum atomic E-state index is 5.79. The molecule has 13 heavy (non-hydrogen) atoms. The molecule has 2 unspecified atom stereocenters. The van der Waals surface area contributed by atoms with Crippen LogP contribution in [0.3, 0.4) is 0 Å². The SMILES string of the molecule is CSCCN1CC(C)OC(CCl)C1. The van der Waals surface area contributed by atoms with Crippen LogP contribution in [-0.2, 0) is 4.74 Å². The number of thioether (sulfide) groups is 1. The molecule has 0 bridgehead atoms. The second kappa shape index (κ2) is 6.12. The minimum atomic E-state index is 0.229. The van der Waals surface area contributed by atoms with Crippen LogP contribution in [0.1, 0.15) is 6.92 Å². The molecule has 0 aromatic rings. The highest BCUT2D eigenvalue weighted by atomic mass is 35.5.